The third-order valence-electron chi connectivity index (χ3n) is 6.97. The number of benzene rings is 1. The van der Waals surface area contributed by atoms with Gasteiger partial charge in [0.05, 0.1) is 24.6 Å². The summed E-state index contributed by atoms with van der Waals surface area (Å²) in [4.78, 5) is 36.8. The number of amides is 2. The summed E-state index contributed by atoms with van der Waals surface area (Å²) in [5.74, 6) is -0.621. The van der Waals surface area contributed by atoms with E-state index in [0.717, 1.165) is 38.8 Å². The van der Waals surface area contributed by atoms with Crippen molar-refractivity contribution in [2.45, 2.75) is 57.7 Å². The normalized spacial score (nSPS) is 19.6. The number of aromatic nitrogens is 2. The van der Waals surface area contributed by atoms with E-state index in [1.807, 2.05) is 0 Å². The van der Waals surface area contributed by atoms with Crippen LogP contribution >= 0.6 is 0 Å². The molecule has 2 fully saturated rings. The Morgan fingerprint density at radius 3 is 2.43 bits per heavy atom. The Morgan fingerprint density at radius 2 is 1.81 bits per heavy atom. The molecule has 200 valence electrons. The summed E-state index contributed by atoms with van der Waals surface area (Å²) < 4.78 is 34.6. The summed E-state index contributed by atoms with van der Waals surface area (Å²) in [6.07, 6.45) is 7.01. The molecule has 8 nitrogen and oxygen atoms in total. The Hall–Kier alpha value is -3.14. The molecule has 0 saturated carbocycles. The zero-order valence-corrected chi connectivity index (χ0v) is 21.5. The van der Waals surface area contributed by atoms with E-state index in [1.165, 1.54) is 17.0 Å². The topological polar surface area (TPSA) is 102 Å². The molecule has 1 aromatic carbocycles. The summed E-state index contributed by atoms with van der Waals surface area (Å²) in [6, 6.07) is 3.48. The lowest BCUT2D eigenvalue weighted by Crippen LogP contribution is -2.50. The van der Waals surface area contributed by atoms with Crippen LogP contribution in [0.1, 0.15) is 56.3 Å². The van der Waals surface area contributed by atoms with Gasteiger partial charge in [-0.25, -0.2) is 18.7 Å². The molecule has 0 radical (unpaired) electrons. The van der Waals surface area contributed by atoms with Crippen molar-refractivity contribution in [2.24, 2.45) is 11.7 Å². The Labute approximate surface area is 216 Å². The Balaban J connectivity index is 1.33. The van der Waals surface area contributed by atoms with Crippen molar-refractivity contribution >= 4 is 11.8 Å². The first-order chi connectivity index (χ1) is 17.6. The highest BCUT2D eigenvalue weighted by Crippen LogP contribution is 2.25. The molecule has 2 saturated heterocycles. The summed E-state index contributed by atoms with van der Waals surface area (Å²) >= 11 is 0. The maximum absolute atomic E-state index is 14.9. The maximum Gasteiger partial charge on any atom is 0.257 e. The largest absolute Gasteiger partial charge is 0.490 e. The predicted molar refractivity (Wildman–Crippen MR) is 135 cm³/mol. The predicted octanol–water partition coefficient (Wildman–Crippen LogP) is 3.60. The van der Waals surface area contributed by atoms with Gasteiger partial charge in [-0.15, -0.1) is 0 Å². The highest BCUT2D eigenvalue weighted by molar-refractivity contribution is 5.98. The molecule has 0 aliphatic carbocycles. The van der Waals surface area contributed by atoms with Crippen molar-refractivity contribution in [1.82, 2.24) is 19.8 Å². The quantitative estimate of drug-likeness (QED) is 0.577. The molecule has 1 aromatic heterocycles. The fourth-order valence-corrected chi connectivity index (χ4v) is 5.05. The lowest BCUT2D eigenvalue weighted by molar-refractivity contribution is -0.123. The highest BCUT2D eigenvalue weighted by Gasteiger charge is 2.32. The molecule has 2 aromatic rings. The van der Waals surface area contributed by atoms with Crippen LogP contribution < -0.4 is 10.5 Å². The Morgan fingerprint density at radius 1 is 1.11 bits per heavy atom. The van der Waals surface area contributed by atoms with Gasteiger partial charge in [0.15, 0.2) is 11.6 Å². The lowest BCUT2D eigenvalue weighted by Gasteiger charge is -2.34. The van der Waals surface area contributed by atoms with Gasteiger partial charge in [0, 0.05) is 18.7 Å². The van der Waals surface area contributed by atoms with Gasteiger partial charge < -0.3 is 20.3 Å². The Kier molecular flexibility index (Phi) is 8.36. The maximum atomic E-state index is 14.9. The molecule has 1 atom stereocenters. The molecule has 2 aliphatic rings. The highest BCUT2D eigenvalue weighted by atomic mass is 19.1. The molecule has 1 unspecified atom stereocenters. The number of ether oxygens (including phenoxy) is 1. The van der Waals surface area contributed by atoms with Crippen LogP contribution in [-0.2, 0) is 4.79 Å². The van der Waals surface area contributed by atoms with Crippen molar-refractivity contribution < 1.29 is 23.1 Å². The summed E-state index contributed by atoms with van der Waals surface area (Å²) in [5, 5.41) is 0. The average molecular weight is 516 g/mol. The number of rotatable bonds is 8. The SMILES string of the molecule is CC(C)(F)CN1CCC(COc2cnc(-c3ccc(C(=O)N4CCCCC4C(N)=O)c(F)c3)nc2)CC1. The zero-order valence-electron chi connectivity index (χ0n) is 21.5. The van der Waals surface area contributed by atoms with Crippen LogP contribution in [0.3, 0.4) is 0 Å². The number of hydrogen-bond acceptors (Lipinski definition) is 6. The second-order valence-corrected chi connectivity index (χ2v) is 10.6. The first-order valence-electron chi connectivity index (χ1n) is 12.9. The van der Waals surface area contributed by atoms with Crippen LogP contribution in [0.15, 0.2) is 30.6 Å². The van der Waals surface area contributed by atoms with E-state index in [1.54, 1.807) is 32.3 Å². The fraction of sp³-hybridized carbons (Fsp3) is 0.556. The number of piperidine rings is 2. The first kappa shape index (κ1) is 26.9. The zero-order chi connectivity index (χ0) is 26.6. The van der Waals surface area contributed by atoms with E-state index in [-0.39, 0.29) is 5.56 Å². The van der Waals surface area contributed by atoms with Gasteiger partial charge >= 0.3 is 0 Å². The number of hydrogen-bond donors (Lipinski definition) is 1. The summed E-state index contributed by atoms with van der Waals surface area (Å²) in [5.41, 5.74) is 4.57. The monoisotopic (exact) mass is 515 g/mol. The minimum absolute atomic E-state index is 0.113. The van der Waals surface area contributed by atoms with Crippen molar-refractivity contribution in [1.29, 1.82) is 0 Å². The summed E-state index contributed by atoms with van der Waals surface area (Å²) in [7, 11) is 0. The third-order valence-corrected chi connectivity index (χ3v) is 6.97. The minimum atomic E-state index is -1.19. The van der Waals surface area contributed by atoms with E-state index in [2.05, 4.69) is 14.9 Å². The minimum Gasteiger partial charge on any atom is -0.490 e. The van der Waals surface area contributed by atoms with Crippen LogP contribution in [0.5, 0.6) is 5.75 Å². The second kappa shape index (κ2) is 11.5. The van der Waals surface area contributed by atoms with Crippen molar-refractivity contribution in [3.05, 3.63) is 42.0 Å². The summed E-state index contributed by atoms with van der Waals surface area (Å²) in [6.45, 7) is 6.24. The van der Waals surface area contributed by atoms with E-state index in [4.69, 9.17) is 10.5 Å². The van der Waals surface area contributed by atoms with Crippen molar-refractivity contribution in [3.63, 3.8) is 0 Å². The van der Waals surface area contributed by atoms with Crippen LogP contribution in [-0.4, -0.2) is 76.1 Å². The second-order valence-electron chi connectivity index (χ2n) is 10.6. The van der Waals surface area contributed by atoms with Gasteiger partial charge in [0.2, 0.25) is 5.91 Å². The fourth-order valence-electron chi connectivity index (χ4n) is 5.05. The average Bonchev–Trinajstić information content (AvgIpc) is 2.87. The number of likely N-dealkylation sites (tertiary alicyclic amines) is 2. The van der Waals surface area contributed by atoms with E-state index >= 15 is 0 Å². The molecule has 0 bridgehead atoms. The molecule has 37 heavy (non-hydrogen) atoms. The van der Waals surface area contributed by atoms with Crippen LogP contribution in [0.25, 0.3) is 11.4 Å². The van der Waals surface area contributed by atoms with Crippen molar-refractivity contribution in [2.75, 3.05) is 32.8 Å². The van der Waals surface area contributed by atoms with Gasteiger partial charge in [-0.2, -0.15) is 0 Å². The lowest BCUT2D eigenvalue weighted by atomic mass is 9.97. The van der Waals surface area contributed by atoms with Crippen LogP contribution in [0.2, 0.25) is 0 Å². The number of alkyl halides is 1. The first-order valence-corrected chi connectivity index (χ1v) is 12.9. The molecule has 3 heterocycles. The van der Waals surface area contributed by atoms with Gasteiger partial charge in [0.1, 0.15) is 17.5 Å². The molecule has 0 spiro atoms. The third kappa shape index (κ3) is 7.00. The van der Waals surface area contributed by atoms with Gasteiger partial charge in [-0.05, 0) is 77.1 Å². The molecule has 2 amide bonds. The smallest absolute Gasteiger partial charge is 0.257 e. The standard InChI is InChI=1S/C27H35F2N5O3/c1-27(2,29)17-33-11-8-18(9-12-33)16-37-20-14-31-25(32-15-20)19-6-7-21(22(28)13-19)26(36)34-10-4-3-5-23(34)24(30)35/h6-7,13-15,18,23H,3-5,8-12,16-17H2,1-2H3,(H2,30,35). The number of carbonyl (C=O) groups is 2. The number of carbonyl (C=O) groups excluding carboxylic acids is 2. The van der Waals surface area contributed by atoms with Crippen LogP contribution in [0.4, 0.5) is 8.78 Å². The number of primary amides is 1. The Bertz CT molecular complexity index is 1100. The van der Waals surface area contributed by atoms with E-state index in [0.29, 0.717) is 49.2 Å². The van der Waals surface area contributed by atoms with Crippen LogP contribution in [0, 0.1) is 11.7 Å². The number of halogens is 2. The van der Waals surface area contributed by atoms with E-state index < -0.39 is 29.3 Å². The number of nitrogens with two attached hydrogens (primary N) is 1. The number of nitrogens with zero attached hydrogens (tertiary/aromatic N) is 4. The molecular formula is C27H35F2N5O3. The molecule has 10 heteroatoms. The molecule has 2 N–H and O–H groups in total. The van der Waals surface area contributed by atoms with Gasteiger partial charge in [-0.1, -0.05) is 6.07 Å². The molecular weight excluding hydrogens is 480 g/mol. The van der Waals surface area contributed by atoms with E-state index in [9.17, 15) is 18.4 Å². The van der Waals surface area contributed by atoms with Crippen molar-refractivity contribution in [3.8, 4) is 17.1 Å². The van der Waals surface area contributed by atoms with Gasteiger partial charge in [0.25, 0.3) is 5.91 Å². The molecule has 2 aliphatic heterocycles. The van der Waals surface area contributed by atoms with Gasteiger partial charge in [-0.3, -0.25) is 9.59 Å². The molecule has 4 rings (SSSR count).